The number of hydrogen-bond acceptors (Lipinski definition) is 3. The Bertz CT molecular complexity index is 968. The van der Waals surface area contributed by atoms with Crippen LogP contribution < -0.4 is 0 Å². The minimum atomic E-state index is 0.239. The molecule has 2 fully saturated rings. The Kier molecular flexibility index (Phi) is 10.2. The minimum absolute atomic E-state index is 0.239. The topological polar surface area (TPSA) is 23.6 Å². The molecule has 0 aliphatic carbocycles. The molecule has 2 aliphatic rings. The molecule has 0 bridgehead atoms. The number of rotatable bonds is 10. The van der Waals surface area contributed by atoms with Crippen LogP contribution in [0, 0.1) is 0 Å². The number of hydrogen-bond donors (Lipinski definition) is 0. The van der Waals surface area contributed by atoms with Gasteiger partial charge in [-0.05, 0) is 61.8 Å². The smallest absolute Gasteiger partial charge is 0.140 e. The number of ketones is 1. The van der Waals surface area contributed by atoms with Gasteiger partial charge in [-0.3, -0.25) is 4.79 Å². The lowest BCUT2D eigenvalue weighted by Gasteiger charge is -2.31. The molecule has 0 spiro atoms. The van der Waals surface area contributed by atoms with Crippen LogP contribution in [0.4, 0.5) is 0 Å². The van der Waals surface area contributed by atoms with Gasteiger partial charge in [0, 0.05) is 50.4 Å². The summed E-state index contributed by atoms with van der Waals surface area (Å²) in [4.78, 5) is 17.5. The Hall–Kier alpha value is -3.33. The maximum Gasteiger partial charge on any atom is 0.140 e. The second-order valence-corrected chi connectivity index (χ2v) is 9.73. The summed E-state index contributed by atoms with van der Waals surface area (Å²) < 4.78 is 0. The maximum atomic E-state index is 12.5. The first-order valence-electron chi connectivity index (χ1n) is 13.7. The van der Waals surface area contributed by atoms with Crippen molar-refractivity contribution >= 4 is 17.2 Å². The predicted octanol–water partition coefficient (Wildman–Crippen LogP) is 7.50. The van der Waals surface area contributed by atoms with Gasteiger partial charge in [-0.15, -0.1) is 0 Å². The van der Waals surface area contributed by atoms with Crippen molar-refractivity contribution in [3.05, 3.63) is 108 Å². The van der Waals surface area contributed by atoms with Crippen LogP contribution in [0.25, 0.3) is 11.4 Å². The molecule has 4 rings (SSSR count). The summed E-state index contributed by atoms with van der Waals surface area (Å²) in [5.74, 6) is 0.239. The number of likely N-dealkylation sites (tertiary alicyclic amines) is 2. The zero-order valence-corrected chi connectivity index (χ0v) is 21.5. The van der Waals surface area contributed by atoms with Gasteiger partial charge < -0.3 is 9.80 Å². The molecule has 3 heteroatoms. The van der Waals surface area contributed by atoms with Gasteiger partial charge in [0.05, 0.1) is 0 Å². The van der Waals surface area contributed by atoms with Crippen LogP contribution in [-0.4, -0.2) is 41.8 Å². The molecular formula is C33H40N2O. The third kappa shape index (κ3) is 7.84. The largest absolute Gasteiger partial charge is 0.371 e. The van der Waals surface area contributed by atoms with Crippen LogP contribution in [0.2, 0.25) is 0 Å². The van der Waals surface area contributed by atoms with Crippen molar-refractivity contribution in [2.45, 2.75) is 51.4 Å². The number of Topliss-reactive ketones (excluding diaryl/α,β-unsaturated/α-hetero) is 1. The summed E-state index contributed by atoms with van der Waals surface area (Å²) >= 11 is 0. The number of benzene rings is 2. The number of carbonyl (C=O) groups is 1. The van der Waals surface area contributed by atoms with E-state index >= 15 is 0 Å². The molecule has 0 atom stereocenters. The van der Waals surface area contributed by atoms with E-state index in [-0.39, 0.29) is 5.78 Å². The molecule has 2 heterocycles. The lowest BCUT2D eigenvalue weighted by atomic mass is 10.1. The van der Waals surface area contributed by atoms with Crippen LogP contribution in [0.5, 0.6) is 0 Å². The van der Waals surface area contributed by atoms with E-state index in [2.05, 4.69) is 94.8 Å². The highest BCUT2D eigenvalue weighted by molar-refractivity contribution is 5.81. The summed E-state index contributed by atoms with van der Waals surface area (Å²) in [5, 5.41) is 0. The molecule has 3 nitrogen and oxygen atoms in total. The van der Waals surface area contributed by atoms with Crippen molar-refractivity contribution in [2.24, 2.45) is 0 Å². The van der Waals surface area contributed by atoms with Crippen LogP contribution >= 0.6 is 0 Å². The summed E-state index contributed by atoms with van der Waals surface area (Å²) in [6.45, 7) is 4.42. The highest BCUT2D eigenvalue weighted by Crippen LogP contribution is 2.25. The highest BCUT2D eigenvalue weighted by atomic mass is 16.1. The minimum Gasteiger partial charge on any atom is -0.371 e. The van der Waals surface area contributed by atoms with E-state index in [9.17, 15) is 4.79 Å². The fourth-order valence-corrected chi connectivity index (χ4v) is 5.06. The van der Waals surface area contributed by atoms with E-state index < -0.39 is 0 Å². The summed E-state index contributed by atoms with van der Waals surface area (Å²) in [6, 6.07) is 21.2. The van der Waals surface area contributed by atoms with Gasteiger partial charge in [0.15, 0.2) is 0 Å². The Labute approximate surface area is 217 Å². The number of carbonyl (C=O) groups excluding carboxylic acids is 1. The van der Waals surface area contributed by atoms with Crippen molar-refractivity contribution in [3.63, 3.8) is 0 Å². The first kappa shape index (κ1) is 25.8. The summed E-state index contributed by atoms with van der Waals surface area (Å²) in [5.41, 5.74) is 5.01. The Balaban J connectivity index is 1.34. The fourth-order valence-electron chi connectivity index (χ4n) is 5.06. The molecule has 0 aromatic heterocycles. The van der Waals surface area contributed by atoms with E-state index in [1.807, 2.05) is 12.2 Å². The van der Waals surface area contributed by atoms with Crippen molar-refractivity contribution in [3.8, 4) is 0 Å². The van der Waals surface area contributed by atoms with Crippen molar-refractivity contribution in [1.82, 2.24) is 9.80 Å². The van der Waals surface area contributed by atoms with Gasteiger partial charge in [-0.25, -0.2) is 0 Å². The first-order valence-corrected chi connectivity index (χ1v) is 13.7. The molecule has 2 aromatic carbocycles. The highest BCUT2D eigenvalue weighted by Gasteiger charge is 2.15. The molecule has 0 amide bonds. The number of nitrogens with zero attached hydrogens (tertiary/aromatic N) is 2. The van der Waals surface area contributed by atoms with Crippen LogP contribution in [0.3, 0.4) is 0 Å². The maximum absolute atomic E-state index is 12.5. The molecule has 188 valence electrons. The van der Waals surface area contributed by atoms with Crippen molar-refractivity contribution in [1.29, 1.82) is 0 Å². The van der Waals surface area contributed by atoms with E-state index in [0.29, 0.717) is 12.8 Å². The first-order chi connectivity index (χ1) is 17.8. The molecule has 2 aliphatic heterocycles. The fraction of sp³-hybridized carbons (Fsp3) is 0.364. The quantitative estimate of drug-likeness (QED) is 0.329. The Morgan fingerprint density at radius 1 is 0.583 bits per heavy atom. The van der Waals surface area contributed by atoms with E-state index in [1.54, 1.807) is 0 Å². The van der Waals surface area contributed by atoms with E-state index in [0.717, 1.165) is 26.2 Å². The Morgan fingerprint density at radius 3 is 1.36 bits per heavy atom. The average Bonchev–Trinajstić information content (AvgIpc) is 2.95. The van der Waals surface area contributed by atoms with Gasteiger partial charge >= 0.3 is 0 Å². The monoisotopic (exact) mass is 480 g/mol. The molecule has 0 N–H and O–H groups in total. The normalized spacial score (nSPS) is 17.8. The standard InChI is InChI=1S/C33H40N2O/c36-31(21-9-11-23-32(29-17-5-1-6-18-29)34-25-13-3-14-26-34)22-10-12-24-33(30-19-7-2-8-20-30)35-27-15-4-16-28-35/h1-2,5-12,17-20,23-24H,3-4,13-16,21-22,25-28H2. The lowest BCUT2D eigenvalue weighted by Crippen LogP contribution is -2.28. The summed E-state index contributed by atoms with van der Waals surface area (Å²) in [6.07, 6.45) is 21.0. The zero-order chi connectivity index (χ0) is 24.8. The van der Waals surface area contributed by atoms with Gasteiger partial charge in [0.25, 0.3) is 0 Å². The molecule has 0 radical (unpaired) electrons. The molecular weight excluding hydrogens is 440 g/mol. The van der Waals surface area contributed by atoms with Gasteiger partial charge in [-0.1, -0.05) is 85.0 Å². The predicted molar refractivity (Wildman–Crippen MR) is 152 cm³/mol. The van der Waals surface area contributed by atoms with E-state index in [4.69, 9.17) is 0 Å². The third-order valence-electron chi connectivity index (χ3n) is 7.00. The van der Waals surface area contributed by atoms with Crippen molar-refractivity contribution < 1.29 is 4.79 Å². The summed E-state index contributed by atoms with van der Waals surface area (Å²) in [7, 11) is 0. The number of allylic oxidation sites excluding steroid dienone is 6. The molecule has 36 heavy (non-hydrogen) atoms. The van der Waals surface area contributed by atoms with Crippen LogP contribution in [0.15, 0.2) is 97.1 Å². The van der Waals surface area contributed by atoms with Gasteiger partial charge in [-0.2, -0.15) is 0 Å². The second kappa shape index (κ2) is 14.3. The SMILES string of the molecule is O=C(CC=CC=C(c1ccccc1)N1CCCCC1)CC=CC=C(c1ccccc1)N1CCCCC1. The van der Waals surface area contributed by atoms with Crippen molar-refractivity contribution in [2.75, 3.05) is 26.2 Å². The van der Waals surface area contributed by atoms with Gasteiger partial charge in [0.2, 0.25) is 0 Å². The average molecular weight is 481 g/mol. The zero-order valence-electron chi connectivity index (χ0n) is 21.5. The van der Waals surface area contributed by atoms with Crippen LogP contribution in [0.1, 0.15) is 62.5 Å². The Morgan fingerprint density at radius 2 is 0.972 bits per heavy atom. The lowest BCUT2D eigenvalue weighted by molar-refractivity contribution is -0.117. The molecule has 2 saturated heterocycles. The van der Waals surface area contributed by atoms with E-state index in [1.165, 1.54) is 61.0 Å². The van der Waals surface area contributed by atoms with Gasteiger partial charge in [0.1, 0.15) is 5.78 Å². The third-order valence-corrected chi connectivity index (χ3v) is 7.00. The van der Waals surface area contributed by atoms with Crippen LogP contribution in [-0.2, 0) is 4.79 Å². The molecule has 0 saturated carbocycles. The molecule has 2 aromatic rings. The second-order valence-electron chi connectivity index (χ2n) is 9.73. The number of piperidine rings is 2. The molecule has 0 unspecified atom stereocenters.